The van der Waals surface area contributed by atoms with Crippen LogP contribution in [0, 0.1) is 5.82 Å². The Kier molecular flexibility index (Phi) is 4.71. The molecule has 23 heavy (non-hydrogen) atoms. The highest BCUT2D eigenvalue weighted by atomic mass is 32.2. The van der Waals surface area contributed by atoms with Crippen LogP contribution in [-0.2, 0) is 0 Å². The smallest absolute Gasteiger partial charge is 0.323 e. The Morgan fingerprint density at radius 3 is 2.57 bits per heavy atom. The number of amides is 2. The van der Waals surface area contributed by atoms with Crippen molar-refractivity contribution < 1.29 is 13.9 Å². The predicted octanol–water partition coefficient (Wildman–Crippen LogP) is 4.11. The Labute approximate surface area is 138 Å². The average molecular weight is 332 g/mol. The lowest BCUT2D eigenvalue weighted by atomic mass is 10.2. The number of rotatable bonds is 3. The van der Waals surface area contributed by atoms with Crippen LogP contribution in [-0.4, -0.2) is 30.3 Å². The quantitative estimate of drug-likeness (QED) is 0.919. The van der Waals surface area contributed by atoms with Crippen LogP contribution in [0.1, 0.15) is 10.9 Å². The second-order valence-corrected chi connectivity index (χ2v) is 6.31. The third-order valence-electron chi connectivity index (χ3n) is 3.65. The van der Waals surface area contributed by atoms with Crippen molar-refractivity contribution in [3.63, 3.8) is 0 Å². The Morgan fingerprint density at radius 2 is 1.91 bits per heavy atom. The van der Waals surface area contributed by atoms with Gasteiger partial charge in [-0.25, -0.2) is 9.18 Å². The highest BCUT2D eigenvalue weighted by Crippen LogP contribution is 2.38. The molecule has 1 N–H and O–H groups in total. The molecule has 0 spiro atoms. The maximum absolute atomic E-state index is 13.1. The molecule has 0 bridgehead atoms. The van der Waals surface area contributed by atoms with Crippen LogP contribution in [0.4, 0.5) is 14.9 Å². The molecule has 0 aromatic heterocycles. The van der Waals surface area contributed by atoms with Gasteiger partial charge in [-0.05, 0) is 42.0 Å². The van der Waals surface area contributed by atoms with E-state index in [1.807, 2.05) is 0 Å². The molecule has 2 aromatic rings. The van der Waals surface area contributed by atoms with E-state index in [0.29, 0.717) is 12.2 Å². The summed E-state index contributed by atoms with van der Waals surface area (Å²) in [5.74, 6) is 1.33. The second-order valence-electron chi connectivity index (χ2n) is 5.13. The van der Waals surface area contributed by atoms with Crippen molar-refractivity contribution in [3.8, 4) is 5.75 Å². The fourth-order valence-corrected chi connectivity index (χ4v) is 3.71. The number of benzene rings is 2. The number of carbonyl (C=O) groups excluding carboxylic acids is 1. The molecule has 1 saturated heterocycles. The summed E-state index contributed by atoms with van der Waals surface area (Å²) >= 11 is 1.68. The highest BCUT2D eigenvalue weighted by molar-refractivity contribution is 7.99. The van der Waals surface area contributed by atoms with Crippen LogP contribution in [0.2, 0.25) is 0 Å². The molecule has 1 aliphatic rings. The Morgan fingerprint density at radius 1 is 1.22 bits per heavy atom. The van der Waals surface area contributed by atoms with Gasteiger partial charge in [0.2, 0.25) is 0 Å². The van der Waals surface area contributed by atoms with E-state index in [2.05, 4.69) is 5.32 Å². The number of carbonyl (C=O) groups is 1. The monoisotopic (exact) mass is 332 g/mol. The number of nitrogens with one attached hydrogen (secondary N) is 1. The summed E-state index contributed by atoms with van der Waals surface area (Å²) in [6.07, 6.45) is 0. The molecule has 0 radical (unpaired) electrons. The molecule has 2 aromatic carbocycles. The maximum atomic E-state index is 13.1. The van der Waals surface area contributed by atoms with Crippen LogP contribution in [0.15, 0.2) is 48.5 Å². The summed E-state index contributed by atoms with van der Waals surface area (Å²) in [6.45, 7) is 0.661. The minimum Gasteiger partial charge on any atom is -0.497 e. The largest absolute Gasteiger partial charge is 0.497 e. The van der Waals surface area contributed by atoms with Crippen LogP contribution in [0.25, 0.3) is 0 Å². The molecular formula is C17H17FN2O2S. The topological polar surface area (TPSA) is 41.6 Å². The van der Waals surface area contributed by atoms with Crippen molar-refractivity contribution >= 4 is 23.5 Å². The van der Waals surface area contributed by atoms with Crippen LogP contribution < -0.4 is 10.1 Å². The normalized spacial score (nSPS) is 17.1. The van der Waals surface area contributed by atoms with Gasteiger partial charge in [-0.15, -0.1) is 11.8 Å². The fourth-order valence-electron chi connectivity index (χ4n) is 2.45. The third-order valence-corrected chi connectivity index (χ3v) is 4.91. The Bertz CT molecular complexity index is 676. The molecule has 0 saturated carbocycles. The first-order valence-electron chi connectivity index (χ1n) is 7.26. The molecule has 6 heteroatoms. The van der Waals surface area contributed by atoms with Crippen molar-refractivity contribution in [1.82, 2.24) is 4.90 Å². The van der Waals surface area contributed by atoms with Crippen LogP contribution in [0.5, 0.6) is 5.75 Å². The van der Waals surface area contributed by atoms with Gasteiger partial charge in [0.15, 0.2) is 0 Å². The minimum absolute atomic E-state index is 0.0890. The first kappa shape index (κ1) is 15.7. The average Bonchev–Trinajstić information content (AvgIpc) is 3.06. The van der Waals surface area contributed by atoms with Gasteiger partial charge in [-0.2, -0.15) is 0 Å². The molecule has 120 valence electrons. The van der Waals surface area contributed by atoms with E-state index in [9.17, 15) is 9.18 Å². The number of hydrogen-bond donors (Lipinski definition) is 1. The van der Waals surface area contributed by atoms with Gasteiger partial charge in [0, 0.05) is 18.0 Å². The molecule has 1 heterocycles. The molecule has 2 amide bonds. The standard InChI is InChI=1S/C17H17FN2O2S/c1-22-15-8-6-14(7-9-15)19-17(21)20-10-11-23-16(20)12-2-4-13(18)5-3-12/h2-9,16H,10-11H2,1H3,(H,19,21)/t16-/m1/s1. The third kappa shape index (κ3) is 3.59. The zero-order chi connectivity index (χ0) is 16.2. The first-order valence-corrected chi connectivity index (χ1v) is 8.31. The van der Waals surface area contributed by atoms with E-state index in [0.717, 1.165) is 17.1 Å². The molecule has 0 aliphatic carbocycles. The molecule has 1 fully saturated rings. The van der Waals surface area contributed by atoms with E-state index in [1.54, 1.807) is 60.2 Å². The maximum Gasteiger partial charge on any atom is 0.323 e. The van der Waals surface area contributed by atoms with Gasteiger partial charge in [-0.1, -0.05) is 12.1 Å². The number of halogens is 1. The van der Waals surface area contributed by atoms with Gasteiger partial charge in [0.05, 0.1) is 7.11 Å². The summed E-state index contributed by atoms with van der Waals surface area (Å²) < 4.78 is 18.2. The van der Waals surface area contributed by atoms with Gasteiger partial charge in [0.1, 0.15) is 16.9 Å². The Hall–Kier alpha value is -2.21. The summed E-state index contributed by atoms with van der Waals surface area (Å²) in [5, 5.41) is 2.80. The van der Waals surface area contributed by atoms with Crippen molar-refractivity contribution in [2.24, 2.45) is 0 Å². The van der Waals surface area contributed by atoms with Crippen molar-refractivity contribution in [2.75, 3.05) is 24.7 Å². The lowest BCUT2D eigenvalue weighted by Crippen LogP contribution is -2.34. The number of thioether (sulfide) groups is 1. The van der Waals surface area contributed by atoms with E-state index in [4.69, 9.17) is 4.74 Å². The number of methoxy groups -OCH3 is 1. The molecule has 1 atom stereocenters. The summed E-state index contributed by atoms with van der Waals surface area (Å²) in [7, 11) is 1.60. The van der Waals surface area contributed by atoms with E-state index < -0.39 is 0 Å². The van der Waals surface area contributed by atoms with Gasteiger partial charge in [0.25, 0.3) is 0 Å². The molecular weight excluding hydrogens is 315 g/mol. The lowest BCUT2D eigenvalue weighted by molar-refractivity contribution is 0.214. The zero-order valence-electron chi connectivity index (χ0n) is 12.7. The van der Waals surface area contributed by atoms with Gasteiger partial charge >= 0.3 is 6.03 Å². The van der Waals surface area contributed by atoms with E-state index >= 15 is 0 Å². The van der Waals surface area contributed by atoms with E-state index in [-0.39, 0.29) is 17.2 Å². The summed E-state index contributed by atoms with van der Waals surface area (Å²) in [5.41, 5.74) is 1.64. The summed E-state index contributed by atoms with van der Waals surface area (Å²) in [4.78, 5) is 14.3. The van der Waals surface area contributed by atoms with Crippen molar-refractivity contribution in [2.45, 2.75) is 5.37 Å². The second kappa shape index (κ2) is 6.91. The van der Waals surface area contributed by atoms with Crippen LogP contribution >= 0.6 is 11.8 Å². The Balaban J connectivity index is 1.71. The lowest BCUT2D eigenvalue weighted by Gasteiger charge is -2.24. The van der Waals surface area contributed by atoms with Gasteiger partial charge < -0.3 is 15.0 Å². The predicted molar refractivity (Wildman–Crippen MR) is 90.3 cm³/mol. The number of ether oxygens (including phenoxy) is 1. The van der Waals surface area contributed by atoms with Gasteiger partial charge in [-0.3, -0.25) is 0 Å². The van der Waals surface area contributed by atoms with Crippen LogP contribution in [0.3, 0.4) is 0 Å². The molecule has 1 aliphatic heterocycles. The van der Waals surface area contributed by atoms with Crippen molar-refractivity contribution in [3.05, 3.63) is 59.9 Å². The zero-order valence-corrected chi connectivity index (χ0v) is 13.5. The summed E-state index contributed by atoms with van der Waals surface area (Å²) in [6, 6.07) is 13.3. The highest BCUT2D eigenvalue weighted by Gasteiger charge is 2.30. The number of urea groups is 1. The number of nitrogens with zero attached hydrogens (tertiary/aromatic N) is 1. The number of anilines is 1. The fraction of sp³-hybridized carbons (Fsp3) is 0.235. The first-order chi connectivity index (χ1) is 11.2. The molecule has 0 unspecified atom stereocenters. The molecule has 3 rings (SSSR count). The van der Waals surface area contributed by atoms with Crippen molar-refractivity contribution in [1.29, 1.82) is 0 Å². The van der Waals surface area contributed by atoms with E-state index in [1.165, 1.54) is 12.1 Å². The minimum atomic E-state index is -0.272. The number of hydrogen-bond acceptors (Lipinski definition) is 3. The SMILES string of the molecule is COc1ccc(NC(=O)N2CCS[C@@H]2c2ccc(F)cc2)cc1. The molecule has 4 nitrogen and oxygen atoms in total.